The number of ether oxygens (including phenoxy) is 1. The highest BCUT2D eigenvalue weighted by atomic mass is 19.1. The van der Waals surface area contributed by atoms with Crippen molar-refractivity contribution in [3.8, 4) is 5.75 Å². The first-order valence-corrected chi connectivity index (χ1v) is 6.61. The summed E-state index contributed by atoms with van der Waals surface area (Å²) >= 11 is 0. The van der Waals surface area contributed by atoms with Gasteiger partial charge in [0.1, 0.15) is 11.6 Å². The van der Waals surface area contributed by atoms with Gasteiger partial charge >= 0.3 is 5.97 Å². The van der Waals surface area contributed by atoms with E-state index in [0.29, 0.717) is 16.9 Å². The summed E-state index contributed by atoms with van der Waals surface area (Å²) in [5, 5.41) is 12.3. The monoisotopic (exact) mass is 279 g/mol. The fourth-order valence-electron chi connectivity index (χ4n) is 2.59. The van der Waals surface area contributed by atoms with Gasteiger partial charge in [0.2, 0.25) is 0 Å². The molecule has 1 heterocycles. The smallest absolute Gasteiger partial charge is 0.328 e. The van der Waals surface area contributed by atoms with Crippen LogP contribution in [0.4, 0.5) is 4.39 Å². The standard InChI is InChI=1S/C15H18FNO3/c1-20-14-3-2-11(16)8-13(14)12(9-15(18)19)10-4-6-17-7-5-10/h2-3,8-10,17H,4-7H2,1H3,(H,18,19)/b12-9+. The molecule has 20 heavy (non-hydrogen) atoms. The molecule has 0 radical (unpaired) electrons. The predicted octanol–water partition coefficient (Wildman–Crippen LogP) is 2.30. The largest absolute Gasteiger partial charge is 0.496 e. The van der Waals surface area contributed by atoms with E-state index in [1.807, 2.05) is 0 Å². The third-order valence-electron chi connectivity index (χ3n) is 3.53. The van der Waals surface area contributed by atoms with Gasteiger partial charge in [-0.1, -0.05) is 0 Å². The Labute approximate surface area is 117 Å². The predicted molar refractivity (Wildman–Crippen MR) is 74.2 cm³/mol. The molecule has 2 N–H and O–H groups in total. The highest BCUT2D eigenvalue weighted by Gasteiger charge is 2.22. The molecule has 2 rings (SSSR count). The number of allylic oxidation sites excluding steroid dienone is 1. The number of carbonyl (C=O) groups is 1. The summed E-state index contributed by atoms with van der Waals surface area (Å²) in [5.74, 6) is -0.823. The zero-order valence-electron chi connectivity index (χ0n) is 11.4. The van der Waals surface area contributed by atoms with Crippen LogP contribution in [0.2, 0.25) is 0 Å². The van der Waals surface area contributed by atoms with Crippen LogP contribution in [0, 0.1) is 11.7 Å². The molecular weight excluding hydrogens is 261 g/mol. The van der Waals surface area contributed by atoms with Gasteiger partial charge in [-0.25, -0.2) is 9.18 Å². The van der Waals surface area contributed by atoms with Crippen LogP contribution in [0.5, 0.6) is 5.75 Å². The van der Waals surface area contributed by atoms with E-state index in [4.69, 9.17) is 9.84 Å². The first-order valence-electron chi connectivity index (χ1n) is 6.61. The molecule has 1 aliphatic heterocycles. The van der Waals surface area contributed by atoms with E-state index < -0.39 is 11.8 Å². The van der Waals surface area contributed by atoms with E-state index in [1.54, 1.807) is 0 Å². The zero-order valence-corrected chi connectivity index (χ0v) is 11.4. The number of nitrogens with one attached hydrogen (secondary N) is 1. The number of rotatable bonds is 4. The maximum atomic E-state index is 13.5. The molecule has 108 valence electrons. The van der Waals surface area contributed by atoms with Crippen LogP contribution < -0.4 is 10.1 Å². The first kappa shape index (κ1) is 14.5. The Kier molecular flexibility index (Phi) is 4.74. The summed E-state index contributed by atoms with van der Waals surface area (Å²) in [4.78, 5) is 11.1. The van der Waals surface area contributed by atoms with Gasteiger partial charge in [-0.05, 0) is 55.6 Å². The van der Waals surface area contributed by atoms with Gasteiger partial charge in [0.05, 0.1) is 7.11 Å². The van der Waals surface area contributed by atoms with Gasteiger partial charge < -0.3 is 15.2 Å². The molecule has 1 fully saturated rings. The molecule has 5 heteroatoms. The lowest BCUT2D eigenvalue weighted by Gasteiger charge is -2.26. The van der Waals surface area contributed by atoms with Crippen molar-refractivity contribution in [2.45, 2.75) is 12.8 Å². The second-order valence-electron chi connectivity index (χ2n) is 4.81. The Balaban J connectivity index is 2.45. The Morgan fingerprint density at radius 1 is 1.45 bits per heavy atom. The maximum Gasteiger partial charge on any atom is 0.328 e. The van der Waals surface area contributed by atoms with Gasteiger partial charge in [-0.2, -0.15) is 0 Å². The van der Waals surface area contributed by atoms with Crippen LogP contribution in [0.3, 0.4) is 0 Å². The van der Waals surface area contributed by atoms with Gasteiger partial charge in [0.25, 0.3) is 0 Å². The summed E-state index contributed by atoms with van der Waals surface area (Å²) in [6.45, 7) is 1.67. The van der Waals surface area contributed by atoms with Crippen molar-refractivity contribution < 1.29 is 19.0 Å². The average Bonchev–Trinajstić information content (AvgIpc) is 2.45. The summed E-state index contributed by atoms with van der Waals surface area (Å²) in [7, 11) is 1.50. The number of hydrogen-bond acceptors (Lipinski definition) is 3. The Hall–Kier alpha value is -1.88. The van der Waals surface area contributed by atoms with E-state index in [9.17, 15) is 9.18 Å². The number of benzene rings is 1. The topological polar surface area (TPSA) is 58.6 Å². The third-order valence-corrected chi connectivity index (χ3v) is 3.53. The molecule has 1 aromatic carbocycles. The SMILES string of the molecule is COc1ccc(F)cc1/C(=C/C(=O)O)C1CCNCC1. The van der Waals surface area contributed by atoms with E-state index >= 15 is 0 Å². The van der Waals surface area contributed by atoms with E-state index in [0.717, 1.165) is 25.9 Å². The van der Waals surface area contributed by atoms with Crippen molar-refractivity contribution in [2.75, 3.05) is 20.2 Å². The van der Waals surface area contributed by atoms with Gasteiger partial charge in [0, 0.05) is 11.6 Å². The fraction of sp³-hybridized carbons (Fsp3) is 0.400. The molecule has 0 spiro atoms. The second kappa shape index (κ2) is 6.52. The van der Waals surface area contributed by atoms with Gasteiger partial charge in [-0.15, -0.1) is 0 Å². The highest BCUT2D eigenvalue weighted by molar-refractivity contribution is 5.91. The van der Waals surface area contributed by atoms with Crippen molar-refractivity contribution in [1.82, 2.24) is 5.32 Å². The average molecular weight is 279 g/mol. The first-order chi connectivity index (χ1) is 9.61. The number of hydrogen-bond donors (Lipinski definition) is 2. The van der Waals surface area contributed by atoms with Crippen molar-refractivity contribution in [1.29, 1.82) is 0 Å². The maximum absolute atomic E-state index is 13.5. The minimum atomic E-state index is -1.02. The number of methoxy groups -OCH3 is 1. The number of carboxylic acid groups (broad SMARTS) is 1. The van der Waals surface area contributed by atoms with Crippen molar-refractivity contribution in [3.05, 3.63) is 35.7 Å². The number of aliphatic carboxylic acids is 1. The molecule has 0 unspecified atom stereocenters. The Morgan fingerprint density at radius 2 is 2.15 bits per heavy atom. The third kappa shape index (κ3) is 3.36. The molecule has 0 saturated carbocycles. The van der Waals surface area contributed by atoms with Crippen LogP contribution in [-0.4, -0.2) is 31.3 Å². The van der Waals surface area contributed by atoms with E-state index in [-0.39, 0.29) is 5.92 Å². The highest BCUT2D eigenvalue weighted by Crippen LogP contribution is 2.35. The van der Waals surface area contributed by atoms with Crippen molar-refractivity contribution >= 4 is 11.5 Å². The molecule has 0 aromatic heterocycles. The lowest BCUT2D eigenvalue weighted by molar-refractivity contribution is -0.131. The fourth-order valence-corrected chi connectivity index (χ4v) is 2.59. The van der Waals surface area contributed by atoms with E-state index in [1.165, 1.54) is 31.4 Å². The molecule has 0 atom stereocenters. The van der Waals surface area contributed by atoms with Gasteiger partial charge in [-0.3, -0.25) is 0 Å². The Bertz CT molecular complexity index is 522. The molecule has 1 aromatic rings. The van der Waals surface area contributed by atoms with Crippen LogP contribution in [0.1, 0.15) is 18.4 Å². The van der Waals surface area contributed by atoms with Crippen molar-refractivity contribution in [3.63, 3.8) is 0 Å². The second-order valence-corrected chi connectivity index (χ2v) is 4.81. The quantitative estimate of drug-likeness (QED) is 0.830. The van der Waals surface area contributed by atoms with Crippen LogP contribution in [0.15, 0.2) is 24.3 Å². The van der Waals surface area contributed by atoms with E-state index in [2.05, 4.69) is 5.32 Å². The van der Waals surface area contributed by atoms with Gasteiger partial charge in [0.15, 0.2) is 0 Å². The number of piperidine rings is 1. The minimum Gasteiger partial charge on any atom is -0.496 e. The molecule has 0 bridgehead atoms. The van der Waals surface area contributed by atoms with Crippen LogP contribution in [0.25, 0.3) is 5.57 Å². The molecular formula is C15H18FNO3. The summed E-state index contributed by atoms with van der Waals surface area (Å²) in [6, 6.07) is 4.18. The summed E-state index contributed by atoms with van der Waals surface area (Å²) in [5.41, 5.74) is 1.16. The molecule has 1 aliphatic rings. The molecule has 4 nitrogen and oxygen atoms in total. The summed E-state index contributed by atoms with van der Waals surface area (Å²) in [6.07, 6.45) is 2.84. The Morgan fingerprint density at radius 3 is 2.75 bits per heavy atom. The number of halogens is 1. The van der Waals surface area contributed by atoms with Crippen molar-refractivity contribution in [2.24, 2.45) is 5.92 Å². The van der Waals surface area contributed by atoms with Crippen LogP contribution in [-0.2, 0) is 4.79 Å². The van der Waals surface area contributed by atoms with Crippen LogP contribution >= 0.6 is 0 Å². The normalized spacial score (nSPS) is 17.0. The molecule has 0 aliphatic carbocycles. The summed E-state index contributed by atoms with van der Waals surface area (Å²) < 4.78 is 18.7. The number of carboxylic acids is 1. The lowest BCUT2D eigenvalue weighted by Crippen LogP contribution is -2.28. The molecule has 1 saturated heterocycles. The zero-order chi connectivity index (χ0) is 14.5. The molecule has 0 amide bonds. The lowest BCUT2D eigenvalue weighted by atomic mass is 9.85. The minimum absolute atomic E-state index is 0.100.